The van der Waals surface area contributed by atoms with E-state index in [2.05, 4.69) is 10.6 Å². The molecule has 0 aliphatic carbocycles. The van der Waals surface area contributed by atoms with Gasteiger partial charge in [0.25, 0.3) is 11.8 Å². The number of carbonyl (C=O) groups excluding carboxylic acids is 2. The molecule has 0 spiro atoms. The highest BCUT2D eigenvalue weighted by Gasteiger charge is 2.09. The van der Waals surface area contributed by atoms with Gasteiger partial charge in [-0.2, -0.15) is 11.3 Å². The summed E-state index contributed by atoms with van der Waals surface area (Å²) in [5.41, 5.74) is 2.45. The fraction of sp³-hybridized carbons (Fsp3) is 0.100. The Hall–Kier alpha value is -3.12. The highest BCUT2D eigenvalue weighted by atomic mass is 32.1. The highest BCUT2D eigenvalue weighted by Crippen LogP contribution is 2.17. The number of ether oxygens (including phenoxy) is 1. The Morgan fingerprint density at radius 2 is 1.42 bits per heavy atom. The van der Waals surface area contributed by atoms with E-state index in [0.717, 1.165) is 5.75 Å². The number of amides is 2. The summed E-state index contributed by atoms with van der Waals surface area (Å²) in [5.74, 6) is 0.374. The van der Waals surface area contributed by atoms with Crippen molar-refractivity contribution < 1.29 is 14.3 Å². The third kappa shape index (κ3) is 4.49. The van der Waals surface area contributed by atoms with Crippen LogP contribution in [0.4, 0.5) is 11.4 Å². The van der Waals surface area contributed by atoms with Crippen LogP contribution in [0.1, 0.15) is 27.6 Å². The lowest BCUT2D eigenvalue weighted by Crippen LogP contribution is -2.13. The number of hydrogen-bond acceptors (Lipinski definition) is 4. The van der Waals surface area contributed by atoms with Gasteiger partial charge in [-0.15, -0.1) is 0 Å². The van der Waals surface area contributed by atoms with Gasteiger partial charge >= 0.3 is 0 Å². The normalized spacial score (nSPS) is 10.2. The van der Waals surface area contributed by atoms with E-state index in [-0.39, 0.29) is 11.8 Å². The summed E-state index contributed by atoms with van der Waals surface area (Å²) in [7, 11) is 0. The smallest absolute Gasteiger partial charge is 0.256 e. The van der Waals surface area contributed by atoms with E-state index in [1.54, 1.807) is 47.8 Å². The van der Waals surface area contributed by atoms with E-state index in [1.165, 1.54) is 11.3 Å². The molecule has 132 valence electrons. The average molecular weight is 366 g/mol. The van der Waals surface area contributed by atoms with Crippen LogP contribution in [0.25, 0.3) is 0 Å². The van der Waals surface area contributed by atoms with Crippen molar-refractivity contribution in [3.05, 3.63) is 76.5 Å². The monoisotopic (exact) mass is 366 g/mol. The summed E-state index contributed by atoms with van der Waals surface area (Å²) in [6.45, 7) is 2.52. The second-order valence-corrected chi connectivity index (χ2v) is 6.24. The second kappa shape index (κ2) is 8.31. The van der Waals surface area contributed by atoms with Crippen LogP contribution in [-0.4, -0.2) is 18.4 Å². The third-order valence-electron chi connectivity index (χ3n) is 3.61. The van der Waals surface area contributed by atoms with Gasteiger partial charge in [-0.25, -0.2) is 0 Å². The average Bonchev–Trinajstić information content (AvgIpc) is 3.19. The van der Waals surface area contributed by atoms with Crippen molar-refractivity contribution in [2.24, 2.45) is 0 Å². The lowest BCUT2D eigenvalue weighted by Gasteiger charge is -2.08. The molecule has 3 aromatic rings. The molecule has 26 heavy (non-hydrogen) atoms. The fourth-order valence-corrected chi connectivity index (χ4v) is 2.94. The quantitative estimate of drug-likeness (QED) is 0.667. The molecule has 2 N–H and O–H groups in total. The van der Waals surface area contributed by atoms with Crippen LogP contribution >= 0.6 is 11.3 Å². The SMILES string of the molecule is CCOc1ccc(NC(=O)c2ccc(NC(=O)c3ccsc3)cc2)cc1. The van der Waals surface area contributed by atoms with Gasteiger partial charge in [0.15, 0.2) is 0 Å². The van der Waals surface area contributed by atoms with Crippen molar-refractivity contribution in [3.63, 3.8) is 0 Å². The molecule has 6 heteroatoms. The molecular formula is C20H18N2O3S. The summed E-state index contributed by atoms with van der Waals surface area (Å²) in [5, 5.41) is 9.27. The predicted molar refractivity (Wildman–Crippen MR) is 104 cm³/mol. The van der Waals surface area contributed by atoms with E-state index < -0.39 is 0 Å². The van der Waals surface area contributed by atoms with Crippen LogP contribution < -0.4 is 15.4 Å². The summed E-state index contributed by atoms with van der Waals surface area (Å²) in [6.07, 6.45) is 0. The number of hydrogen-bond donors (Lipinski definition) is 2. The van der Waals surface area contributed by atoms with E-state index in [4.69, 9.17) is 4.74 Å². The van der Waals surface area contributed by atoms with Gasteiger partial charge < -0.3 is 15.4 Å². The molecule has 0 bridgehead atoms. The van der Waals surface area contributed by atoms with E-state index in [1.807, 2.05) is 24.4 Å². The standard InChI is InChI=1S/C20H18N2O3S/c1-2-25-18-9-7-17(8-10-18)21-19(23)14-3-5-16(6-4-14)22-20(24)15-11-12-26-13-15/h3-13H,2H2,1H3,(H,21,23)(H,22,24). The van der Waals surface area contributed by atoms with Crippen LogP contribution in [0.5, 0.6) is 5.75 Å². The largest absolute Gasteiger partial charge is 0.494 e. The predicted octanol–water partition coefficient (Wildman–Crippen LogP) is 4.65. The van der Waals surface area contributed by atoms with Crippen molar-refractivity contribution in [1.82, 2.24) is 0 Å². The molecule has 0 atom stereocenters. The maximum Gasteiger partial charge on any atom is 0.256 e. The number of anilines is 2. The first-order valence-electron chi connectivity index (χ1n) is 8.13. The molecule has 0 aliphatic heterocycles. The van der Waals surface area contributed by atoms with Crippen LogP contribution in [0.2, 0.25) is 0 Å². The van der Waals surface area contributed by atoms with Crippen LogP contribution in [0.3, 0.4) is 0 Å². The lowest BCUT2D eigenvalue weighted by molar-refractivity contribution is 0.102. The Labute approximate surface area is 155 Å². The van der Waals surface area contributed by atoms with E-state index in [9.17, 15) is 9.59 Å². The van der Waals surface area contributed by atoms with Crippen molar-refractivity contribution >= 4 is 34.5 Å². The Morgan fingerprint density at radius 1 is 0.846 bits per heavy atom. The summed E-state index contributed by atoms with van der Waals surface area (Å²) in [6, 6.07) is 15.7. The zero-order valence-corrected chi connectivity index (χ0v) is 15.0. The minimum Gasteiger partial charge on any atom is -0.494 e. The van der Waals surface area contributed by atoms with Crippen LogP contribution in [-0.2, 0) is 0 Å². The van der Waals surface area contributed by atoms with Gasteiger partial charge in [0.05, 0.1) is 12.2 Å². The van der Waals surface area contributed by atoms with Crippen molar-refractivity contribution in [1.29, 1.82) is 0 Å². The van der Waals surface area contributed by atoms with Crippen molar-refractivity contribution in [2.45, 2.75) is 6.92 Å². The van der Waals surface area contributed by atoms with Gasteiger partial charge in [0.1, 0.15) is 5.75 Å². The van der Waals surface area contributed by atoms with Gasteiger partial charge in [0.2, 0.25) is 0 Å². The summed E-state index contributed by atoms with van der Waals surface area (Å²) >= 11 is 1.47. The van der Waals surface area contributed by atoms with Crippen molar-refractivity contribution in [3.8, 4) is 5.75 Å². The molecule has 2 aromatic carbocycles. The molecule has 3 rings (SSSR count). The summed E-state index contributed by atoms with van der Waals surface area (Å²) in [4.78, 5) is 24.3. The number of rotatable bonds is 6. The molecule has 0 radical (unpaired) electrons. The Balaban J connectivity index is 1.60. The molecule has 0 saturated carbocycles. The van der Waals surface area contributed by atoms with Gasteiger partial charge in [0, 0.05) is 22.3 Å². The zero-order valence-electron chi connectivity index (χ0n) is 14.2. The first-order valence-corrected chi connectivity index (χ1v) is 9.08. The maximum atomic E-state index is 12.3. The lowest BCUT2D eigenvalue weighted by atomic mass is 10.2. The first-order chi connectivity index (χ1) is 12.7. The van der Waals surface area contributed by atoms with Crippen LogP contribution in [0.15, 0.2) is 65.4 Å². The van der Waals surface area contributed by atoms with E-state index >= 15 is 0 Å². The molecule has 0 unspecified atom stereocenters. The zero-order chi connectivity index (χ0) is 18.4. The summed E-state index contributed by atoms with van der Waals surface area (Å²) < 4.78 is 5.38. The molecule has 2 amide bonds. The Morgan fingerprint density at radius 3 is 1.96 bits per heavy atom. The third-order valence-corrected chi connectivity index (χ3v) is 4.29. The molecular weight excluding hydrogens is 348 g/mol. The fourth-order valence-electron chi connectivity index (χ4n) is 2.31. The maximum absolute atomic E-state index is 12.3. The molecule has 1 heterocycles. The van der Waals surface area contributed by atoms with Gasteiger partial charge in [-0.3, -0.25) is 9.59 Å². The van der Waals surface area contributed by atoms with Gasteiger partial charge in [-0.05, 0) is 66.9 Å². The Bertz CT molecular complexity index is 872. The molecule has 0 saturated heterocycles. The minimum atomic E-state index is -0.218. The minimum absolute atomic E-state index is 0.169. The second-order valence-electron chi connectivity index (χ2n) is 5.46. The topological polar surface area (TPSA) is 67.4 Å². The van der Waals surface area contributed by atoms with Gasteiger partial charge in [-0.1, -0.05) is 0 Å². The molecule has 0 fully saturated rings. The molecule has 1 aromatic heterocycles. The number of nitrogens with one attached hydrogen (secondary N) is 2. The van der Waals surface area contributed by atoms with Crippen molar-refractivity contribution in [2.75, 3.05) is 17.2 Å². The molecule has 0 aliphatic rings. The molecule has 5 nitrogen and oxygen atoms in total. The first kappa shape index (κ1) is 17.7. The van der Waals surface area contributed by atoms with E-state index in [0.29, 0.717) is 29.1 Å². The number of benzene rings is 2. The number of thiophene rings is 1. The van der Waals surface area contributed by atoms with Crippen LogP contribution in [0, 0.1) is 0 Å². The number of carbonyl (C=O) groups is 2. The highest BCUT2D eigenvalue weighted by molar-refractivity contribution is 7.08. The Kier molecular flexibility index (Phi) is 5.66.